The average molecular weight is 392 g/mol. The molecule has 0 aliphatic carbocycles. The highest BCUT2D eigenvalue weighted by Gasteiger charge is 2.33. The van der Waals surface area contributed by atoms with Crippen molar-refractivity contribution in [3.63, 3.8) is 0 Å². The van der Waals surface area contributed by atoms with E-state index in [1.165, 1.54) is 5.56 Å². The number of alkyl carbamates (subject to hydrolysis) is 1. The van der Waals surface area contributed by atoms with E-state index >= 15 is 0 Å². The standard InChI is InChI=1S/C19H24N2O5S/c22-18(6-5-17-11-26-19(23)20-17)21-9-16(10-21)14-3-1-13(2-4-14)15-7-8-27(24,25)12-15/h1-4,15-17H,5-12H2,(H,20,23)/t15?,17-/m1/s1. The number of hydrogen-bond acceptors (Lipinski definition) is 5. The molecular weight excluding hydrogens is 368 g/mol. The molecule has 1 aromatic rings. The molecular formula is C19H24N2O5S. The lowest BCUT2D eigenvalue weighted by Gasteiger charge is -2.40. The second kappa shape index (κ2) is 7.14. The predicted molar refractivity (Wildman–Crippen MR) is 99.3 cm³/mol. The lowest BCUT2D eigenvalue weighted by Crippen LogP contribution is -2.48. The first-order chi connectivity index (χ1) is 12.9. The first kappa shape index (κ1) is 18.3. The van der Waals surface area contributed by atoms with Gasteiger partial charge < -0.3 is 15.0 Å². The Balaban J connectivity index is 1.24. The van der Waals surface area contributed by atoms with E-state index < -0.39 is 15.9 Å². The van der Waals surface area contributed by atoms with E-state index in [4.69, 9.17) is 4.74 Å². The summed E-state index contributed by atoms with van der Waals surface area (Å²) in [5.74, 6) is 1.11. The first-order valence-electron chi connectivity index (χ1n) is 9.41. The van der Waals surface area contributed by atoms with Gasteiger partial charge in [0.2, 0.25) is 5.91 Å². The third kappa shape index (κ3) is 4.10. The molecule has 8 heteroatoms. The van der Waals surface area contributed by atoms with Gasteiger partial charge in [-0.2, -0.15) is 0 Å². The Kier molecular flexibility index (Phi) is 4.84. The van der Waals surface area contributed by atoms with E-state index in [-0.39, 0.29) is 29.4 Å². The highest BCUT2D eigenvalue weighted by atomic mass is 32.2. The Hall–Kier alpha value is -2.09. The summed E-state index contributed by atoms with van der Waals surface area (Å²) in [5.41, 5.74) is 2.29. The van der Waals surface area contributed by atoms with Gasteiger partial charge >= 0.3 is 6.09 Å². The van der Waals surface area contributed by atoms with Gasteiger partial charge in [-0.25, -0.2) is 13.2 Å². The zero-order valence-electron chi connectivity index (χ0n) is 15.1. The molecule has 3 heterocycles. The molecule has 3 aliphatic heterocycles. The van der Waals surface area contributed by atoms with E-state index in [0.717, 1.165) is 5.56 Å². The SMILES string of the molecule is O=C1N[C@H](CCC(=O)N2CC(c3ccc(C4CCS(=O)(=O)C4)cc3)C2)CO1. The van der Waals surface area contributed by atoms with Crippen molar-refractivity contribution >= 4 is 21.8 Å². The maximum absolute atomic E-state index is 12.2. The van der Waals surface area contributed by atoms with Crippen LogP contribution in [0.2, 0.25) is 0 Å². The van der Waals surface area contributed by atoms with Crippen LogP contribution in [0.15, 0.2) is 24.3 Å². The molecule has 4 rings (SSSR count). The zero-order chi connectivity index (χ0) is 19.0. The van der Waals surface area contributed by atoms with E-state index in [2.05, 4.69) is 17.4 Å². The molecule has 27 heavy (non-hydrogen) atoms. The third-order valence-corrected chi connectivity index (χ3v) is 7.56. The van der Waals surface area contributed by atoms with Gasteiger partial charge in [0, 0.05) is 25.4 Å². The zero-order valence-corrected chi connectivity index (χ0v) is 15.9. The summed E-state index contributed by atoms with van der Waals surface area (Å²) in [6, 6.07) is 8.14. The largest absolute Gasteiger partial charge is 0.447 e. The number of carbonyl (C=O) groups is 2. The van der Waals surface area contributed by atoms with Gasteiger partial charge in [-0.15, -0.1) is 0 Å². The maximum Gasteiger partial charge on any atom is 0.407 e. The van der Waals surface area contributed by atoms with Crippen LogP contribution < -0.4 is 5.32 Å². The maximum atomic E-state index is 12.2. The summed E-state index contributed by atoms with van der Waals surface area (Å²) in [7, 11) is -2.87. The number of cyclic esters (lactones) is 1. The molecule has 146 valence electrons. The highest BCUT2D eigenvalue weighted by Crippen LogP contribution is 2.32. The minimum Gasteiger partial charge on any atom is -0.447 e. The molecule has 3 aliphatic rings. The van der Waals surface area contributed by atoms with Crippen LogP contribution in [0, 0.1) is 0 Å². The molecule has 1 unspecified atom stereocenters. The fourth-order valence-corrected chi connectivity index (χ4v) is 5.81. The van der Waals surface area contributed by atoms with Crippen LogP contribution in [0.5, 0.6) is 0 Å². The highest BCUT2D eigenvalue weighted by molar-refractivity contribution is 7.91. The minimum absolute atomic E-state index is 0.0644. The smallest absolute Gasteiger partial charge is 0.407 e. The molecule has 0 radical (unpaired) electrons. The van der Waals surface area contributed by atoms with Crippen LogP contribution in [0.1, 0.15) is 42.2 Å². The van der Waals surface area contributed by atoms with Gasteiger partial charge in [-0.3, -0.25) is 4.79 Å². The van der Waals surface area contributed by atoms with Gasteiger partial charge in [0.05, 0.1) is 17.5 Å². The molecule has 1 N–H and O–H groups in total. The third-order valence-electron chi connectivity index (χ3n) is 5.79. The molecule has 7 nitrogen and oxygen atoms in total. The Morgan fingerprint density at radius 1 is 1.15 bits per heavy atom. The summed E-state index contributed by atoms with van der Waals surface area (Å²) >= 11 is 0. The first-order valence-corrected chi connectivity index (χ1v) is 11.2. The second-order valence-corrected chi connectivity index (χ2v) is 9.97. The second-order valence-electron chi connectivity index (χ2n) is 7.74. The van der Waals surface area contributed by atoms with Crippen molar-refractivity contribution in [2.75, 3.05) is 31.2 Å². The van der Waals surface area contributed by atoms with Crippen molar-refractivity contribution in [3.05, 3.63) is 35.4 Å². The molecule has 0 saturated carbocycles. The number of hydrogen-bond donors (Lipinski definition) is 1. The van der Waals surface area contributed by atoms with Crippen molar-refractivity contribution in [1.29, 1.82) is 0 Å². The van der Waals surface area contributed by atoms with Crippen molar-refractivity contribution in [1.82, 2.24) is 10.2 Å². The van der Waals surface area contributed by atoms with E-state index in [0.29, 0.717) is 44.9 Å². The summed E-state index contributed by atoms with van der Waals surface area (Å²) in [4.78, 5) is 25.1. The Morgan fingerprint density at radius 2 is 1.81 bits per heavy atom. The summed E-state index contributed by atoms with van der Waals surface area (Å²) < 4.78 is 28.1. The van der Waals surface area contributed by atoms with Crippen molar-refractivity contribution < 1.29 is 22.7 Å². The van der Waals surface area contributed by atoms with Crippen LogP contribution in [0.25, 0.3) is 0 Å². The van der Waals surface area contributed by atoms with Crippen LogP contribution in [-0.2, 0) is 19.4 Å². The molecule has 1 aromatic carbocycles. The van der Waals surface area contributed by atoms with Crippen molar-refractivity contribution in [2.24, 2.45) is 0 Å². The molecule has 2 amide bonds. The summed E-state index contributed by atoms with van der Waals surface area (Å²) in [5, 5.41) is 2.68. The fraction of sp³-hybridized carbons (Fsp3) is 0.579. The number of amides is 2. The van der Waals surface area contributed by atoms with E-state index in [1.54, 1.807) is 0 Å². The molecule has 0 spiro atoms. The van der Waals surface area contributed by atoms with Gasteiger partial charge in [-0.1, -0.05) is 24.3 Å². The lowest BCUT2D eigenvalue weighted by atomic mass is 9.88. The number of likely N-dealkylation sites (tertiary alicyclic amines) is 1. The van der Waals surface area contributed by atoms with Gasteiger partial charge in [0.25, 0.3) is 0 Å². The Bertz CT molecular complexity index is 830. The predicted octanol–water partition coefficient (Wildman–Crippen LogP) is 1.40. The Labute approximate surface area is 159 Å². The van der Waals surface area contributed by atoms with Crippen LogP contribution >= 0.6 is 0 Å². The number of ether oxygens (including phenoxy) is 1. The molecule has 2 atom stereocenters. The molecule has 0 bridgehead atoms. The molecule has 0 aromatic heterocycles. The number of nitrogens with one attached hydrogen (secondary N) is 1. The lowest BCUT2D eigenvalue weighted by molar-refractivity contribution is -0.135. The number of benzene rings is 1. The van der Waals surface area contributed by atoms with Crippen LogP contribution in [-0.4, -0.2) is 62.6 Å². The minimum atomic E-state index is -2.87. The van der Waals surface area contributed by atoms with Gasteiger partial charge in [0.15, 0.2) is 9.84 Å². The quantitative estimate of drug-likeness (QED) is 0.818. The fourth-order valence-electron chi connectivity index (χ4n) is 4.03. The van der Waals surface area contributed by atoms with Gasteiger partial charge in [-0.05, 0) is 29.9 Å². The Morgan fingerprint density at radius 3 is 2.37 bits per heavy atom. The topological polar surface area (TPSA) is 92.8 Å². The van der Waals surface area contributed by atoms with E-state index in [9.17, 15) is 18.0 Å². The number of rotatable bonds is 5. The van der Waals surface area contributed by atoms with E-state index in [1.807, 2.05) is 17.0 Å². The molecule has 3 saturated heterocycles. The monoisotopic (exact) mass is 392 g/mol. The van der Waals surface area contributed by atoms with Crippen LogP contribution in [0.4, 0.5) is 4.79 Å². The normalized spacial score (nSPS) is 27.1. The summed E-state index contributed by atoms with van der Waals surface area (Å²) in [6.07, 6.45) is 1.32. The van der Waals surface area contributed by atoms with Gasteiger partial charge in [0.1, 0.15) is 6.61 Å². The number of sulfone groups is 1. The van der Waals surface area contributed by atoms with Crippen LogP contribution in [0.3, 0.4) is 0 Å². The number of nitrogens with zero attached hydrogens (tertiary/aromatic N) is 1. The van der Waals surface area contributed by atoms with Crippen molar-refractivity contribution in [2.45, 2.75) is 37.1 Å². The van der Waals surface area contributed by atoms with Crippen molar-refractivity contribution in [3.8, 4) is 0 Å². The number of carbonyl (C=O) groups excluding carboxylic acids is 2. The summed E-state index contributed by atoms with van der Waals surface area (Å²) in [6.45, 7) is 1.76. The average Bonchev–Trinajstić information content (AvgIpc) is 3.17. The molecule has 3 fully saturated rings.